The van der Waals surface area contributed by atoms with E-state index in [1.807, 2.05) is 12.1 Å². The summed E-state index contributed by atoms with van der Waals surface area (Å²) in [6, 6.07) is 27.7. The average Bonchev–Trinajstić information content (AvgIpc) is 2.68. The summed E-state index contributed by atoms with van der Waals surface area (Å²) in [5, 5.41) is 1.37. The molecule has 1 aliphatic rings. The summed E-state index contributed by atoms with van der Waals surface area (Å²) in [6.07, 6.45) is 1.25. The summed E-state index contributed by atoms with van der Waals surface area (Å²) < 4.78 is 2.14. The lowest BCUT2D eigenvalue weighted by Crippen LogP contribution is -2.23. The lowest BCUT2D eigenvalue weighted by molar-refractivity contribution is -0.119. The molecule has 1 nitrogen and oxygen atoms in total. The molecule has 27 heavy (non-hydrogen) atoms. The van der Waals surface area contributed by atoms with E-state index in [9.17, 15) is 4.79 Å². The lowest BCUT2D eigenvalue weighted by Gasteiger charge is -2.39. The minimum atomic E-state index is -0.560. The van der Waals surface area contributed by atoms with Gasteiger partial charge in [-0.15, -0.1) is 0 Å². The van der Waals surface area contributed by atoms with Crippen molar-refractivity contribution in [2.45, 2.75) is 24.2 Å². The van der Waals surface area contributed by atoms with E-state index >= 15 is 0 Å². The number of Topliss-reactive ketones (excluding diaryl/α,β-unsaturated/α-hetero) is 1. The van der Waals surface area contributed by atoms with E-state index in [-0.39, 0.29) is 11.3 Å². The Morgan fingerprint density at radius 2 is 1.22 bits per heavy atom. The second-order valence-corrected chi connectivity index (χ2v) is 11.2. The zero-order valence-electron chi connectivity index (χ0n) is 14.7. The van der Waals surface area contributed by atoms with Gasteiger partial charge in [0.1, 0.15) is 5.78 Å². The van der Waals surface area contributed by atoms with Crippen molar-refractivity contribution in [3.8, 4) is 0 Å². The van der Waals surface area contributed by atoms with Crippen LogP contribution in [0.5, 0.6) is 0 Å². The van der Waals surface area contributed by atoms with Gasteiger partial charge >= 0.3 is 0 Å². The Bertz CT molecular complexity index is 900. The van der Waals surface area contributed by atoms with Crippen LogP contribution in [0.4, 0.5) is 0 Å². The van der Waals surface area contributed by atoms with Gasteiger partial charge in [-0.2, -0.15) is 0 Å². The van der Waals surface area contributed by atoms with E-state index in [4.69, 9.17) is 0 Å². The van der Waals surface area contributed by atoms with Crippen LogP contribution in [0.2, 0.25) is 0 Å². The summed E-state index contributed by atoms with van der Waals surface area (Å²) in [5.74, 6) is 0.361. The number of hydrogen-bond acceptors (Lipinski definition) is 1. The van der Waals surface area contributed by atoms with Gasteiger partial charge in [0.25, 0.3) is 0 Å². The molecule has 1 heterocycles. The van der Waals surface area contributed by atoms with Crippen molar-refractivity contribution in [2.75, 3.05) is 0 Å². The van der Waals surface area contributed by atoms with Gasteiger partial charge in [-0.1, -0.05) is 94.4 Å². The number of hydrogen-bond donors (Lipinski definition) is 0. The molecule has 1 aliphatic heterocycles. The van der Waals surface area contributed by atoms with E-state index in [0.717, 1.165) is 8.95 Å². The topological polar surface area (TPSA) is 17.1 Å². The number of carbonyl (C=O) groups excluding carboxylic acids is 1. The third-order valence-electron chi connectivity index (χ3n) is 5.03. The zero-order chi connectivity index (χ0) is 18.8. The van der Waals surface area contributed by atoms with Gasteiger partial charge in [-0.3, -0.25) is 4.79 Å². The number of ketones is 1. The molecule has 2 atom stereocenters. The summed E-state index contributed by atoms with van der Waals surface area (Å²) >= 11 is 7.21. The van der Waals surface area contributed by atoms with Gasteiger partial charge in [-0.05, 0) is 40.7 Å². The fraction of sp³-hybridized carbons (Fsp3) is 0.174. The van der Waals surface area contributed by atoms with Crippen LogP contribution in [0.15, 0.2) is 87.8 Å². The summed E-state index contributed by atoms with van der Waals surface area (Å²) in [5.41, 5.74) is 3.00. The Morgan fingerprint density at radius 1 is 0.704 bits per heavy atom. The van der Waals surface area contributed by atoms with E-state index < -0.39 is 7.92 Å². The first-order valence-electron chi connectivity index (χ1n) is 8.98. The van der Waals surface area contributed by atoms with Crippen molar-refractivity contribution in [2.24, 2.45) is 0 Å². The van der Waals surface area contributed by atoms with Gasteiger partial charge in [0, 0.05) is 33.1 Å². The standard InChI is InChI=1S/C23H19Br2OP/c24-18-8-4-6-16(12-18)22-14-20(26)15-23(17-7-5-9-19(25)13-17)27(22)21-10-2-1-3-11-21/h1-13,22-23H,14-15H2/t22-,23-/m1/s1. The maximum Gasteiger partial charge on any atom is 0.134 e. The monoisotopic (exact) mass is 500 g/mol. The smallest absolute Gasteiger partial charge is 0.134 e. The molecule has 3 aromatic rings. The van der Waals surface area contributed by atoms with E-state index in [1.165, 1.54) is 16.4 Å². The van der Waals surface area contributed by atoms with Gasteiger partial charge < -0.3 is 0 Å². The van der Waals surface area contributed by atoms with Crippen molar-refractivity contribution in [1.29, 1.82) is 0 Å². The highest BCUT2D eigenvalue weighted by atomic mass is 79.9. The predicted molar refractivity (Wildman–Crippen MR) is 121 cm³/mol. The zero-order valence-corrected chi connectivity index (χ0v) is 18.8. The van der Waals surface area contributed by atoms with Crippen LogP contribution in [-0.4, -0.2) is 5.78 Å². The molecule has 3 aromatic carbocycles. The highest BCUT2D eigenvalue weighted by Gasteiger charge is 2.39. The molecular formula is C23H19Br2OP. The first-order valence-corrected chi connectivity index (χ1v) is 12.0. The quantitative estimate of drug-likeness (QED) is 0.348. The molecule has 0 spiro atoms. The Morgan fingerprint density at radius 3 is 1.70 bits per heavy atom. The Hall–Kier alpha value is -1.28. The van der Waals surface area contributed by atoms with Crippen LogP contribution in [0.1, 0.15) is 35.3 Å². The Labute approximate surface area is 178 Å². The molecular weight excluding hydrogens is 483 g/mol. The van der Waals surface area contributed by atoms with Gasteiger partial charge in [0.2, 0.25) is 0 Å². The summed E-state index contributed by atoms with van der Waals surface area (Å²) in [7, 11) is -0.560. The minimum Gasteiger partial charge on any atom is -0.300 e. The maximum absolute atomic E-state index is 12.8. The number of rotatable bonds is 3. The molecule has 0 aliphatic carbocycles. The number of benzene rings is 3. The molecule has 0 aromatic heterocycles. The van der Waals surface area contributed by atoms with Gasteiger partial charge in [0.15, 0.2) is 0 Å². The lowest BCUT2D eigenvalue weighted by atomic mass is 10.0. The molecule has 0 bridgehead atoms. The Kier molecular flexibility index (Phi) is 5.92. The third-order valence-corrected chi connectivity index (χ3v) is 9.22. The predicted octanol–water partition coefficient (Wildman–Crippen LogP) is 7.16. The van der Waals surface area contributed by atoms with Crippen molar-refractivity contribution in [3.05, 3.63) is 98.9 Å². The molecule has 0 unspecified atom stereocenters. The molecule has 0 saturated carbocycles. The largest absolute Gasteiger partial charge is 0.300 e. The SMILES string of the molecule is O=C1C[C@H](c2cccc(Br)c2)P(c2ccccc2)[C@@H](c2cccc(Br)c2)C1. The van der Waals surface area contributed by atoms with Crippen LogP contribution in [0, 0.1) is 0 Å². The van der Waals surface area contributed by atoms with Crippen LogP contribution in [0.25, 0.3) is 0 Å². The number of halogens is 2. The molecule has 0 amide bonds. The molecule has 4 heteroatoms. The van der Waals surface area contributed by atoms with Crippen LogP contribution < -0.4 is 5.30 Å². The van der Waals surface area contributed by atoms with Crippen LogP contribution in [-0.2, 0) is 4.79 Å². The molecule has 4 rings (SSSR count). The van der Waals surface area contributed by atoms with Crippen molar-refractivity contribution < 1.29 is 4.79 Å². The molecule has 0 N–H and O–H groups in total. The maximum atomic E-state index is 12.8. The van der Waals surface area contributed by atoms with Crippen molar-refractivity contribution >= 4 is 50.9 Å². The van der Waals surface area contributed by atoms with E-state index in [0.29, 0.717) is 18.6 Å². The first-order chi connectivity index (χ1) is 13.1. The van der Waals surface area contributed by atoms with Gasteiger partial charge in [-0.25, -0.2) is 0 Å². The molecule has 1 saturated heterocycles. The van der Waals surface area contributed by atoms with Gasteiger partial charge in [0.05, 0.1) is 0 Å². The second-order valence-electron chi connectivity index (χ2n) is 6.83. The average molecular weight is 502 g/mol. The molecule has 1 fully saturated rings. The highest BCUT2D eigenvalue weighted by Crippen LogP contribution is 2.66. The van der Waals surface area contributed by atoms with Crippen LogP contribution in [0.3, 0.4) is 0 Å². The Balaban J connectivity index is 1.85. The van der Waals surface area contributed by atoms with E-state index in [1.54, 1.807) is 0 Å². The van der Waals surface area contributed by atoms with Crippen molar-refractivity contribution in [1.82, 2.24) is 0 Å². The molecule has 136 valence electrons. The molecule has 0 radical (unpaired) electrons. The highest BCUT2D eigenvalue weighted by molar-refractivity contribution is 9.10. The minimum absolute atomic E-state index is 0.241. The summed E-state index contributed by atoms with van der Waals surface area (Å²) in [6.45, 7) is 0. The summed E-state index contributed by atoms with van der Waals surface area (Å²) in [4.78, 5) is 12.8. The fourth-order valence-electron chi connectivity index (χ4n) is 3.87. The second kappa shape index (κ2) is 8.39. The third kappa shape index (κ3) is 4.26. The van der Waals surface area contributed by atoms with Crippen LogP contribution >= 0.6 is 39.8 Å². The normalized spacial score (nSPS) is 20.6. The first kappa shape index (κ1) is 19.1. The number of carbonyl (C=O) groups is 1. The van der Waals surface area contributed by atoms with Crippen molar-refractivity contribution in [3.63, 3.8) is 0 Å². The fourth-order valence-corrected chi connectivity index (χ4v) is 8.14. The van der Waals surface area contributed by atoms with E-state index in [2.05, 4.69) is 98.6 Å².